The molecule has 1 fully saturated rings. The van der Waals surface area contributed by atoms with Gasteiger partial charge < -0.3 is 39.7 Å². The summed E-state index contributed by atoms with van der Waals surface area (Å²) in [7, 11) is 1.20. The van der Waals surface area contributed by atoms with Gasteiger partial charge in [-0.3, -0.25) is 4.79 Å². The Labute approximate surface area is 128 Å². The molecule has 5 N–H and O–H groups in total. The van der Waals surface area contributed by atoms with E-state index in [2.05, 4.69) is 4.74 Å². The molecule has 1 aliphatic heterocycles. The molecule has 0 saturated carbocycles. The number of aliphatic hydroxyl groups excluding tert-OH is 5. The minimum atomic E-state index is -1.57. The van der Waals surface area contributed by atoms with Crippen LogP contribution >= 0.6 is 0 Å². The average molecular weight is 324 g/mol. The highest BCUT2D eigenvalue weighted by Gasteiger charge is 2.45. The van der Waals surface area contributed by atoms with Crippen molar-refractivity contribution in [3.8, 4) is 0 Å². The lowest BCUT2D eigenvalue weighted by molar-refractivity contribution is -0.312. The maximum Gasteiger partial charge on any atom is 0.308 e. The Balaban J connectivity index is 2.75. The zero-order chi connectivity index (χ0) is 16.9. The van der Waals surface area contributed by atoms with Crippen molar-refractivity contribution in [2.45, 2.75) is 62.7 Å². The van der Waals surface area contributed by atoms with Crippen molar-refractivity contribution >= 4 is 5.97 Å². The van der Waals surface area contributed by atoms with Gasteiger partial charge in [-0.25, -0.2) is 0 Å². The van der Waals surface area contributed by atoms with Crippen LogP contribution in [0.4, 0.5) is 0 Å². The van der Waals surface area contributed by atoms with Gasteiger partial charge in [-0.2, -0.15) is 0 Å². The molecule has 22 heavy (non-hydrogen) atoms. The van der Waals surface area contributed by atoms with Gasteiger partial charge in [0.25, 0.3) is 0 Å². The molecule has 130 valence electrons. The quantitative estimate of drug-likeness (QED) is 0.321. The van der Waals surface area contributed by atoms with Gasteiger partial charge in [-0.05, 0) is 13.3 Å². The van der Waals surface area contributed by atoms with Crippen LogP contribution in [0, 0.1) is 0 Å². The summed E-state index contributed by atoms with van der Waals surface area (Å²) in [6.45, 7) is 0.920. The van der Waals surface area contributed by atoms with Crippen molar-refractivity contribution in [1.82, 2.24) is 0 Å². The SMILES string of the molecule is COC(=O)C[C@H](C[C@H](C)O)O[C@@H]1O[C@H](CO)[C@@H](O)[C@H](O)[C@H]1O. The van der Waals surface area contributed by atoms with Gasteiger partial charge in [-0.15, -0.1) is 0 Å². The Morgan fingerprint density at radius 1 is 1.23 bits per heavy atom. The fourth-order valence-corrected chi connectivity index (χ4v) is 2.21. The lowest BCUT2D eigenvalue weighted by Crippen LogP contribution is -2.59. The van der Waals surface area contributed by atoms with Gasteiger partial charge in [0.05, 0.1) is 32.3 Å². The number of ether oxygens (including phenoxy) is 3. The average Bonchev–Trinajstić information content (AvgIpc) is 2.46. The Kier molecular flexibility index (Phi) is 7.63. The molecular formula is C13H24O9. The van der Waals surface area contributed by atoms with Gasteiger partial charge in [0.15, 0.2) is 6.29 Å². The van der Waals surface area contributed by atoms with Gasteiger partial charge >= 0.3 is 5.97 Å². The van der Waals surface area contributed by atoms with Crippen LogP contribution in [0.2, 0.25) is 0 Å². The summed E-state index contributed by atoms with van der Waals surface area (Å²) in [6, 6.07) is 0. The standard InChI is InChI=1S/C13H24O9/c1-6(15)3-7(4-9(16)20-2)21-13-12(19)11(18)10(17)8(5-14)22-13/h6-8,10-15,17-19H,3-5H2,1-2H3/t6-,7-,8+,10+,11-,12+,13+/m0/s1. The van der Waals surface area contributed by atoms with Crippen molar-refractivity contribution in [2.24, 2.45) is 0 Å². The minimum absolute atomic E-state index is 0.0735. The second-order valence-corrected chi connectivity index (χ2v) is 5.32. The van der Waals surface area contributed by atoms with Crippen molar-refractivity contribution in [3.05, 3.63) is 0 Å². The van der Waals surface area contributed by atoms with Gasteiger partial charge in [0.1, 0.15) is 24.4 Å². The van der Waals surface area contributed by atoms with Crippen LogP contribution in [0.25, 0.3) is 0 Å². The Bertz CT molecular complexity index is 346. The molecule has 0 aromatic carbocycles. The van der Waals surface area contributed by atoms with Crippen molar-refractivity contribution in [2.75, 3.05) is 13.7 Å². The molecule has 9 heteroatoms. The third-order valence-electron chi connectivity index (χ3n) is 3.40. The number of rotatable bonds is 7. The summed E-state index contributed by atoms with van der Waals surface area (Å²) < 4.78 is 15.1. The summed E-state index contributed by atoms with van der Waals surface area (Å²) in [6.07, 6.45) is -8.80. The maximum absolute atomic E-state index is 11.3. The molecule has 0 bridgehead atoms. The normalized spacial score (nSPS) is 35.0. The van der Waals surface area contributed by atoms with E-state index in [-0.39, 0.29) is 12.8 Å². The monoisotopic (exact) mass is 324 g/mol. The van der Waals surface area contributed by atoms with E-state index in [1.54, 1.807) is 0 Å². The molecule has 1 rings (SSSR count). The van der Waals surface area contributed by atoms with Crippen LogP contribution in [0.1, 0.15) is 19.8 Å². The molecule has 0 amide bonds. The van der Waals surface area contributed by atoms with E-state index in [0.29, 0.717) is 0 Å². The highest BCUT2D eigenvalue weighted by molar-refractivity contribution is 5.69. The highest BCUT2D eigenvalue weighted by Crippen LogP contribution is 2.24. The van der Waals surface area contributed by atoms with Crippen LogP contribution < -0.4 is 0 Å². The van der Waals surface area contributed by atoms with Gasteiger partial charge in [-0.1, -0.05) is 0 Å². The van der Waals surface area contributed by atoms with E-state index in [0.717, 1.165) is 0 Å². The van der Waals surface area contributed by atoms with Gasteiger partial charge in [0.2, 0.25) is 0 Å². The van der Waals surface area contributed by atoms with Crippen LogP contribution in [0.15, 0.2) is 0 Å². The topological polar surface area (TPSA) is 146 Å². The summed E-state index contributed by atoms with van der Waals surface area (Å²) in [5.41, 5.74) is 0. The lowest BCUT2D eigenvalue weighted by atomic mass is 9.99. The van der Waals surface area contributed by atoms with Gasteiger partial charge in [0, 0.05) is 0 Å². The molecular weight excluding hydrogens is 300 g/mol. The second-order valence-electron chi connectivity index (χ2n) is 5.32. The van der Waals surface area contributed by atoms with Crippen LogP contribution in [-0.4, -0.2) is 88.1 Å². The molecule has 1 aliphatic rings. The second kappa shape index (κ2) is 8.73. The smallest absolute Gasteiger partial charge is 0.308 e. The number of aliphatic hydroxyl groups is 5. The number of esters is 1. The van der Waals surface area contributed by atoms with Crippen LogP contribution in [0.3, 0.4) is 0 Å². The highest BCUT2D eigenvalue weighted by atomic mass is 16.7. The molecule has 1 heterocycles. The lowest BCUT2D eigenvalue weighted by Gasteiger charge is -2.40. The van der Waals surface area contributed by atoms with E-state index >= 15 is 0 Å². The van der Waals surface area contributed by atoms with Crippen molar-refractivity contribution < 1.29 is 44.5 Å². The summed E-state index contributed by atoms with van der Waals surface area (Å²) in [5.74, 6) is -0.574. The molecule has 0 unspecified atom stereocenters. The number of carbonyl (C=O) groups excluding carboxylic acids is 1. The Hall–Kier alpha value is -0.810. The fraction of sp³-hybridized carbons (Fsp3) is 0.923. The van der Waals surface area contributed by atoms with Crippen molar-refractivity contribution in [1.29, 1.82) is 0 Å². The van der Waals surface area contributed by atoms with E-state index in [4.69, 9.17) is 14.6 Å². The first-order valence-corrected chi connectivity index (χ1v) is 7.01. The molecule has 9 nitrogen and oxygen atoms in total. The number of hydrogen-bond donors (Lipinski definition) is 5. The van der Waals surface area contributed by atoms with E-state index in [1.165, 1.54) is 14.0 Å². The Morgan fingerprint density at radius 3 is 2.36 bits per heavy atom. The minimum Gasteiger partial charge on any atom is -0.469 e. The first kappa shape index (κ1) is 19.2. The predicted molar refractivity (Wildman–Crippen MR) is 71.6 cm³/mol. The number of methoxy groups -OCH3 is 1. The summed E-state index contributed by atoms with van der Waals surface area (Å²) in [4.78, 5) is 11.3. The third-order valence-corrected chi connectivity index (χ3v) is 3.40. The molecule has 0 radical (unpaired) electrons. The van der Waals surface area contributed by atoms with Crippen molar-refractivity contribution in [3.63, 3.8) is 0 Å². The number of hydrogen-bond acceptors (Lipinski definition) is 9. The van der Waals surface area contributed by atoms with E-state index < -0.39 is 55.5 Å². The largest absolute Gasteiger partial charge is 0.469 e. The van der Waals surface area contributed by atoms with E-state index in [1.807, 2.05) is 0 Å². The molecule has 0 aromatic rings. The molecule has 0 aliphatic carbocycles. The van der Waals surface area contributed by atoms with E-state index in [9.17, 15) is 25.2 Å². The zero-order valence-corrected chi connectivity index (χ0v) is 12.5. The first-order valence-electron chi connectivity index (χ1n) is 7.01. The molecule has 7 atom stereocenters. The predicted octanol–water partition coefficient (Wildman–Crippen LogP) is -2.49. The zero-order valence-electron chi connectivity index (χ0n) is 12.5. The summed E-state index contributed by atoms with van der Waals surface area (Å²) in [5, 5.41) is 47.8. The third kappa shape index (κ3) is 5.13. The van der Waals surface area contributed by atoms with Crippen LogP contribution in [-0.2, 0) is 19.0 Å². The molecule has 0 spiro atoms. The first-order chi connectivity index (χ1) is 10.3. The van der Waals surface area contributed by atoms with Crippen LogP contribution in [0.5, 0.6) is 0 Å². The molecule has 0 aromatic heterocycles. The summed E-state index contributed by atoms with van der Waals surface area (Å²) >= 11 is 0. The maximum atomic E-state index is 11.3. The number of carbonyl (C=O) groups is 1. The Morgan fingerprint density at radius 2 is 1.86 bits per heavy atom. The molecule has 1 saturated heterocycles. The fourth-order valence-electron chi connectivity index (χ4n) is 2.21.